The summed E-state index contributed by atoms with van der Waals surface area (Å²) in [6, 6.07) is 46.4. The molecule has 2 heterocycles. The van der Waals surface area contributed by atoms with Crippen molar-refractivity contribution in [1.82, 2.24) is 9.13 Å². The number of hydrogen-bond donors (Lipinski definition) is 0. The summed E-state index contributed by atoms with van der Waals surface area (Å²) < 4.78 is 7.20. The molecular formula is C68H86Br2N2. The molecule has 8 rings (SSSR count). The monoisotopic (exact) mass is 1090 g/mol. The van der Waals surface area contributed by atoms with Crippen molar-refractivity contribution in [3.8, 4) is 22.5 Å². The molecule has 0 amide bonds. The topological polar surface area (TPSA) is 9.86 Å². The minimum absolute atomic E-state index is 1.12. The highest BCUT2D eigenvalue weighted by atomic mass is 79.9. The van der Waals surface area contributed by atoms with Crippen LogP contribution in [0.15, 0.2) is 130 Å². The van der Waals surface area contributed by atoms with Gasteiger partial charge in [-0.05, 0) is 121 Å². The highest BCUT2D eigenvalue weighted by molar-refractivity contribution is 9.10. The van der Waals surface area contributed by atoms with Crippen LogP contribution in [0.3, 0.4) is 0 Å². The molecular weight excluding hydrogens is 1000 g/mol. The summed E-state index contributed by atoms with van der Waals surface area (Å²) in [5, 5.41) is 5.22. The maximum absolute atomic E-state index is 3.78. The van der Waals surface area contributed by atoms with Crippen molar-refractivity contribution >= 4 is 75.5 Å². The number of nitrogens with zero attached hydrogens (tertiary/aromatic N) is 2. The van der Waals surface area contributed by atoms with Crippen LogP contribution in [-0.4, -0.2) is 9.13 Å². The Bertz CT molecular complexity index is 2660. The van der Waals surface area contributed by atoms with E-state index in [9.17, 15) is 0 Å². The Hall–Kier alpha value is -4.12. The van der Waals surface area contributed by atoms with Gasteiger partial charge in [-0.3, -0.25) is 0 Å². The molecule has 382 valence electrons. The number of fused-ring (bicyclic) bond motifs is 6. The SMILES string of the molecule is CCCCCCCCCCCCCCCCc1ccc2c3cc(Br)ccc3n(-c3ccc(-c4ccc(-n5c6ccc(Br)cc6c6ccc(CCCCCCCCCCCCCCCC)cc65)cc4)cc3)c2c1. The molecule has 4 heteroatoms. The summed E-state index contributed by atoms with van der Waals surface area (Å²) in [5.41, 5.74) is 12.8. The van der Waals surface area contributed by atoms with Crippen LogP contribution in [0.4, 0.5) is 0 Å². The van der Waals surface area contributed by atoms with Crippen molar-refractivity contribution in [3.05, 3.63) is 141 Å². The van der Waals surface area contributed by atoms with Crippen LogP contribution in [0.5, 0.6) is 0 Å². The standard InChI is InChI=1S/C68H86Br2N2/c1-3-5-7-9-11-13-15-17-19-21-23-25-27-29-31-53-33-45-61-63-51-57(69)39-47-65(63)71(67(61)49-53)59-41-35-55(36-42-59)56-37-43-60(44-38-56)72-66-48-40-58(70)52-64(66)62-46-34-54(50-68(62)72)32-30-28-26-24-22-20-18-16-14-12-10-8-6-4-2/h33-52H,3-32H2,1-2H3. The second-order valence-corrected chi connectivity index (χ2v) is 23.3. The summed E-state index contributed by atoms with van der Waals surface area (Å²) in [6.45, 7) is 4.61. The van der Waals surface area contributed by atoms with E-state index in [0.717, 1.165) is 21.8 Å². The summed E-state index contributed by atoms with van der Waals surface area (Å²) in [6.07, 6.45) is 41.3. The Kier molecular flexibility index (Phi) is 21.9. The second-order valence-electron chi connectivity index (χ2n) is 21.5. The van der Waals surface area contributed by atoms with E-state index in [2.05, 4.69) is 176 Å². The molecule has 72 heavy (non-hydrogen) atoms. The van der Waals surface area contributed by atoms with Gasteiger partial charge in [0.25, 0.3) is 0 Å². The minimum atomic E-state index is 1.12. The lowest BCUT2D eigenvalue weighted by atomic mass is 10.0. The fraction of sp³-hybridized carbons (Fsp3) is 0.471. The zero-order valence-electron chi connectivity index (χ0n) is 44.4. The Labute approximate surface area is 452 Å². The van der Waals surface area contributed by atoms with Gasteiger partial charge in [-0.2, -0.15) is 0 Å². The lowest BCUT2D eigenvalue weighted by Gasteiger charge is -2.12. The van der Waals surface area contributed by atoms with Crippen LogP contribution >= 0.6 is 31.9 Å². The molecule has 0 aliphatic heterocycles. The van der Waals surface area contributed by atoms with Crippen molar-refractivity contribution in [2.75, 3.05) is 0 Å². The molecule has 0 radical (unpaired) electrons. The van der Waals surface area contributed by atoms with Gasteiger partial charge in [0.05, 0.1) is 22.1 Å². The largest absolute Gasteiger partial charge is 0.309 e. The van der Waals surface area contributed by atoms with Crippen LogP contribution in [0, 0.1) is 0 Å². The van der Waals surface area contributed by atoms with Crippen molar-refractivity contribution < 1.29 is 0 Å². The first kappa shape index (κ1) is 54.2. The van der Waals surface area contributed by atoms with Crippen molar-refractivity contribution in [1.29, 1.82) is 0 Å². The molecule has 2 nitrogen and oxygen atoms in total. The Morgan fingerprint density at radius 1 is 0.278 bits per heavy atom. The molecule has 0 saturated heterocycles. The van der Waals surface area contributed by atoms with E-state index in [-0.39, 0.29) is 0 Å². The predicted molar refractivity (Wildman–Crippen MR) is 324 cm³/mol. The number of halogens is 2. The quantitative estimate of drug-likeness (QED) is 0.0363. The van der Waals surface area contributed by atoms with Gasteiger partial charge in [-0.15, -0.1) is 0 Å². The maximum atomic E-state index is 3.78. The molecule has 6 aromatic carbocycles. The number of aromatic nitrogens is 2. The molecule has 0 spiro atoms. The predicted octanol–water partition coefficient (Wildman–Crippen LogP) is 23.1. The van der Waals surface area contributed by atoms with Crippen molar-refractivity contribution in [2.24, 2.45) is 0 Å². The third kappa shape index (κ3) is 15.0. The summed E-state index contributed by atoms with van der Waals surface area (Å²) >= 11 is 7.56. The third-order valence-electron chi connectivity index (χ3n) is 15.8. The number of unbranched alkanes of at least 4 members (excludes halogenated alkanes) is 26. The smallest absolute Gasteiger partial charge is 0.0543 e. The zero-order chi connectivity index (χ0) is 49.7. The molecule has 2 aromatic heterocycles. The van der Waals surface area contributed by atoms with E-state index in [1.54, 1.807) is 0 Å². The van der Waals surface area contributed by atoms with Crippen LogP contribution < -0.4 is 0 Å². The summed E-state index contributed by atoms with van der Waals surface area (Å²) in [7, 11) is 0. The number of hydrogen-bond acceptors (Lipinski definition) is 0. The van der Waals surface area contributed by atoms with Gasteiger partial charge in [-0.1, -0.05) is 261 Å². The van der Waals surface area contributed by atoms with E-state index < -0.39 is 0 Å². The van der Waals surface area contributed by atoms with Gasteiger partial charge >= 0.3 is 0 Å². The van der Waals surface area contributed by atoms with E-state index in [4.69, 9.17) is 0 Å². The van der Waals surface area contributed by atoms with E-state index >= 15 is 0 Å². The second kappa shape index (κ2) is 29.1. The first-order chi connectivity index (χ1) is 35.5. The van der Waals surface area contributed by atoms with E-state index in [1.807, 2.05) is 0 Å². The van der Waals surface area contributed by atoms with Crippen molar-refractivity contribution in [3.63, 3.8) is 0 Å². The van der Waals surface area contributed by atoms with Gasteiger partial charge < -0.3 is 9.13 Å². The summed E-state index contributed by atoms with van der Waals surface area (Å²) in [4.78, 5) is 0. The highest BCUT2D eigenvalue weighted by Gasteiger charge is 2.16. The first-order valence-corrected chi connectivity index (χ1v) is 30.8. The van der Waals surface area contributed by atoms with Crippen LogP contribution in [0.1, 0.15) is 205 Å². The van der Waals surface area contributed by atoms with Crippen molar-refractivity contribution in [2.45, 2.75) is 206 Å². The fourth-order valence-electron chi connectivity index (χ4n) is 11.6. The Balaban J connectivity index is 0.883. The number of aryl methyl sites for hydroxylation is 2. The lowest BCUT2D eigenvalue weighted by Crippen LogP contribution is -1.96. The zero-order valence-corrected chi connectivity index (χ0v) is 47.6. The Morgan fingerprint density at radius 3 is 0.903 bits per heavy atom. The molecule has 0 N–H and O–H groups in total. The van der Waals surface area contributed by atoms with Gasteiger partial charge in [0, 0.05) is 41.9 Å². The average Bonchev–Trinajstić information content (AvgIpc) is 3.89. The Morgan fingerprint density at radius 2 is 0.583 bits per heavy atom. The minimum Gasteiger partial charge on any atom is -0.309 e. The van der Waals surface area contributed by atoms with Gasteiger partial charge in [0.2, 0.25) is 0 Å². The van der Waals surface area contributed by atoms with Crippen LogP contribution in [0.25, 0.3) is 66.1 Å². The highest BCUT2D eigenvalue weighted by Crippen LogP contribution is 2.38. The van der Waals surface area contributed by atoms with Crippen LogP contribution in [-0.2, 0) is 12.8 Å². The van der Waals surface area contributed by atoms with E-state index in [0.29, 0.717) is 0 Å². The summed E-state index contributed by atoms with van der Waals surface area (Å²) in [5.74, 6) is 0. The molecule has 8 aromatic rings. The third-order valence-corrected chi connectivity index (χ3v) is 16.8. The average molecular weight is 1090 g/mol. The molecule has 0 atom stereocenters. The fourth-order valence-corrected chi connectivity index (χ4v) is 12.3. The molecule has 0 aliphatic carbocycles. The number of benzene rings is 6. The first-order valence-electron chi connectivity index (χ1n) is 29.2. The normalized spacial score (nSPS) is 11.9. The molecule has 0 aliphatic rings. The van der Waals surface area contributed by atoms with E-state index in [1.165, 1.54) is 257 Å². The number of rotatable bonds is 33. The molecule has 0 unspecified atom stereocenters. The van der Waals surface area contributed by atoms with Gasteiger partial charge in [-0.25, -0.2) is 0 Å². The molecule has 0 fully saturated rings. The maximum Gasteiger partial charge on any atom is 0.0543 e. The van der Waals surface area contributed by atoms with Crippen LogP contribution in [0.2, 0.25) is 0 Å². The van der Waals surface area contributed by atoms with Gasteiger partial charge in [0.15, 0.2) is 0 Å². The van der Waals surface area contributed by atoms with Gasteiger partial charge in [0.1, 0.15) is 0 Å². The molecule has 0 saturated carbocycles. The molecule has 0 bridgehead atoms. The lowest BCUT2D eigenvalue weighted by molar-refractivity contribution is 0.535.